The first-order chi connectivity index (χ1) is 17.2. The number of rotatable bonds is 6. The summed E-state index contributed by atoms with van der Waals surface area (Å²) >= 11 is 0. The van der Waals surface area contributed by atoms with Gasteiger partial charge in [-0.25, -0.2) is 0 Å². The Balaban J connectivity index is 1.85. The number of nitro groups is 1. The van der Waals surface area contributed by atoms with Crippen LogP contribution in [0.1, 0.15) is 28.3 Å². The van der Waals surface area contributed by atoms with E-state index in [0.717, 1.165) is 5.56 Å². The molecule has 1 atom stereocenters. The average Bonchev–Trinajstić information content (AvgIpc) is 3.14. The van der Waals surface area contributed by atoms with Crippen molar-refractivity contribution < 1.29 is 29.2 Å². The van der Waals surface area contributed by atoms with Gasteiger partial charge in [-0.15, -0.1) is 0 Å². The summed E-state index contributed by atoms with van der Waals surface area (Å²) in [7, 11) is 1.29. The first-order valence-corrected chi connectivity index (χ1v) is 11.0. The lowest BCUT2D eigenvalue weighted by Gasteiger charge is -2.26. The number of carbonyl (C=O) groups is 3. The number of hydrogen-bond donors (Lipinski definition) is 1. The van der Waals surface area contributed by atoms with Gasteiger partial charge in [0.2, 0.25) is 0 Å². The summed E-state index contributed by atoms with van der Waals surface area (Å²) in [6.45, 7) is 1.83. The highest BCUT2D eigenvalue weighted by Crippen LogP contribution is 2.43. The maximum absolute atomic E-state index is 13.3. The molecule has 9 nitrogen and oxygen atoms in total. The molecule has 4 rings (SSSR count). The zero-order valence-electron chi connectivity index (χ0n) is 19.5. The number of esters is 1. The number of aliphatic hydroxyl groups excluding tert-OH is 1. The minimum Gasteiger partial charge on any atom is -0.507 e. The number of nitro benzene ring substituents is 1. The van der Waals surface area contributed by atoms with Gasteiger partial charge in [-0.2, -0.15) is 0 Å². The molecular weight excluding hydrogens is 464 g/mol. The van der Waals surface area contributed by atoms with Crippen LogP contribution in [-0.2, 0) is 25.5 Å². The molecule has 1 heterocycles. The summed E-state index contributed by atoms with van der Waals surface area (Å²) in [4.78, 5) is 49.9. The van der Waals surface area contributed by atoms with Gasteiger partial charge in [-0.3, -0.25) is 29.4 Å². The highest BCUT2D eigenvalue weighted by Gasteiger charge is 2.47. The van der Waals surface area contributed by atoms with E-state index in [4.69, 9.17) is 0 Å². The maximum Gasteiger partial charge on any atom is 0.309 e. The normalized spacial score (nSPS) is 16.7. The number of aryl methyl sites for hydroxylation is 1. The summed E-state index contributed by atoms with van der Waals surface area (Å²) in [6, 6.07) is 17.9. The number of benzene rings is 3. The fraction of sp³-hybridized carbons (Fsp3) is 0.148. The predicted molar refractivity (Wildman–Crippen MR) is 131 cm³/mol. The van der Waals surface area contributed by atoms with Crippen molar-refractivity contribution in [3.05, 3.63) is 111 Å². The number of carbonyl (C=O) groups excluding carboxylic acids is 3. The van der Waals surface area contributed by atoms with Crippen LogP contribution in [0.15, 0.2) is 78.4 Å². The van der Waals surface area contributed by atoms with E-state index in [2.05, 4.69) is 4.74 Å². The molecule has 1 saturated heterocycles. The van der Waals surface area contributed by atoms with Gasteiger partial charge in [-0.1, -0.05) is 36.4 Å². The topological polar surface area (TPSA) is 127 Å². The van der Waals surface area contributed by atoms with Crippen LogP contribution in [0.5, 0.6) is 0 Å². The van der Waals surface area contributed by atoms with Crippen molar-refractivity contribution in [1.29, 1.82) is 0 Å². The lowest BCUT2D eigenvalue weighted by molar-refractivity contribution is -0.384. The molecule has 3 aromatic rings. The van der Waals surface area contributed by atoms with E-state index in [9.17, 15) is 29.6 Å². The Bertz CT molecular complexity index is 1390. The van der Waals surface area contributed by atoms with Crippen molar-refractivity contribution >= 4 is 34.8 Å². The van der Waals surface area contributed by atoms with Gasteiger partial charge < -0.3 is 9.84 Å². The van der Waals surface area contributed by atoms with Crippen molar-refractivity contribution in [3.63, 3.8) is 0 Å². The number of methoxy groups -OCH3 is 1. The molecule has 1 amide bonds. The van der Waals surface area contributed by atoms with Gasteiger partial charge in [0.25, 0.3) is 17.4 Å². The van der Waals surface area contributed by atoms with Gasteiger partial charge >= 0.3 is 5.97 Å². The second kappa shape index (κ2) is 9.83. The molecule has 0 bridgehead atoms. The molecule has 0 spiro atoms. The Morgan fingerprint density at radius 2 is 1.67 bits per heavy atom. The molecule has 0 saturated carbocycles. The molecule has 0 radical (unpaired) electrons. The van der Waals surface area contributed by atoms with Crippen molar-refractivity contribution in [2.24, 2.45) is 0 Å². The van der Waals surface area contributed by atoms with Gasteiger partial charge in [0.1, 0.15) is 5.76 Å². The fourth-order valence-corrected chi connectivity index (χ4v) is 4.20. The second-order valence-electron chi connectivity index (χ2n) is 8.25. The zero-order chi connectivity index (χ0) is 26.0. The Labute approximate surface area is 206 Å². The predicted octanol–water partition coefficient (Wildman–Crippen LogP) is 4.25. The van der Waals surface area contributed by atoms with Gasteiger partial charge in [-0.05, 0) is 47.9 Å². The standard InChI is InChI=1S/C27H22N2O7/c1-16-5-3-4-6-21(16)24-23(25(31)18-9-13-20(14-10-18)29(34)35)26(32)27(33)28(24)19-11-7-17(8-12-19)15-22(30)36-2/h3-14,24,31H,15H2,1-2H3/b25-23+. The number of amides is 1. The Morgan fingerprint density at radius 3 is 2.25 bits per heavy atom. The maximum atomic E-state index is 13.3. The molecule has 3 aromatic carbocycles. The number of aliphatic hydroxyl groups is 1. The first kappa shape index (κ1) is 24.3. The first-order valence-electron chi connectivity index (χ1n) is 11.0. The molecule has 9 heteroatoms. The van der Waals surface area contributed by atoms with E-state index in [0.29, 0.717) is 16.8 Å². The van der Waals surface area contributed by atoms with Gasteiger partial charge in [0.05, 0.1) is 30.1 Å². The van der Waals surface area contributed by atoms with Crippen LogP contribution in [0.25, 0.3) is 5.76 Å². The minimum atomic E-state index is -0.937. The van der Waals surface area contributed by atoms with Crippen molar-refractivity contribution in [2.75, 3.05) is 12.0 Å². The lowest BCUT2D eigenvalue weighted by atomic mass is 9.92. The fourth-order valence-electron chi connectivity index (χ4n) is 4.20. The zero-order valence-corrected chi connectivity index (χ0v) is 19.5. The van der Waals surface area contributed by atoms with Crippen LogP contribution in [-0.4, -0.2) is 34.8 Å². The molecular formula is C27H22N2O7. The van der Waals surface area contributed by atoms with Crippen LogP contribution < -0.4 is 4.90 Å². The number of anilines is 1. The number of hydrogen-bond acceptors (Lipinski definition) is 7. The van der Waals surface area contributed by atoms with Crippen LogP contribution >= 0.6 is 0 Å². The highest BCUT2D eigenvalue weighted by atomic mass is 16.6. The third-order valence-electron chi connectivity index (χ3n) is 6.07. The molecule has 182 valence electrons. The quantitative estimate of drug-likeness (QED) is 0.138. The molecule has 0 aliphatic carbocycles. The van der Waals surface area contributed by atoms with E-state index in [1.54, 1.807) is 36.4 Å². The number of ether oxygens (including phenoxy) is 1. The van der Waals surface area contributed by atoms with Gasteiger partial charge in [0.15, 0.2) is 0 Å². The average molecular weight is 486 g/mol. The molecule has 1 aliphatic rings. The van der Waals surface area contributed by atoms with Crippen molar-refractivity contribution in [2.45, 2.75) is 19.4 Å². The van der Waals surface area contributed by atoms with Crippen LogP contribution in [0.2, 0.25) is 0 Å². The van der Waals surface area contributed by atoms with Crippen molar-refractivity contribution in [3.8, 4) is 0 Å². The number of non-ortho nitro benzene ring substituents is 1. The summed E-state index contributed by atoms with van der Waals surface area (Å²) in [5.74, 6) is -2.54. The molecule has 36 heavy (non-hydrogen) atoms. The summed E-state index contributed by atoms with van der Waals surface area (Å²) < 4.78 is 4.69. The van der Waals surface area contributed by atoms with Gasteiger partial charge in [0, 0.05) is 23.4 Å². The third-order valence-corrected chi connectivity index (χ3v) is 6.07. The third kappa shape index (κ3) is 4.46. The molecule has 1 unspecified atom stereocenters. The SMILES string of the molecule is COC(=O)Cc1ccc(N2C(=O)C(=O)/C(=C(/O)c3ccc([N+](=O)[O-])cc3)C2c2ccccc2C)cc1. The van der Waals surface area contributed by atoms with E-state index in [1.807, 2.05) is 19.1 Å². The van der Waals surface area contributed by atoms with E-state index < -0.39 is 34.4 Å². The molecule has 1 fully saturated rings. The largest absolute Gasteiger partial charge is 0.507 e. The Kier molecular flexibility index (Phi) is 6.64. The minimum absolute atomic E-state index is 0.0525. The lowest BCUT2D eigenvalue weighted by Crippen LogP contribution is -2.29. The molecule has 1 N–H and O–H groups in total. The smallest absolute Gasteiger partial charge is 0.309 e. The van der Waals surface area contributed by atoms with E-state index in [1.165, 1.54) is 36.3 Å². The Hall–Kier alpha value is -4.79. The molecule has 0 aromatic heterocycles. The highest BCUT2D eigenvalue weighted by molar-refractivity contribution is 6.51. The summed E-state index contributed by atoms with van der Waals surface area (Å²) in [5, 5.41) is 22.2. The van der Waals surface area contributed by atoms with Crippen LogP contribution in [0, 0.1) is 17.0 Å². The molecule has 1 aliphatic heterocycles. The van der Waals surface area contributed by atoms with E-state index in [-0.39, 0.29) is 23.2 Å². The monoisotopic (exact) mass is 486 g/mol. The summed E-state index contributed by atoms with van der Waals surface area (Å²) in [6.07, 6.45) is 0.0525. The number of ketones is 1. The number of nitrogens with zero attached hydrogens (tertiary/aromatic N) is 2. The van der Waals surface area contributed by atoms with Crippen LogP contribution in [0.3, 0.4) is 0 Å². The Morgan fingerprint density at radius 1 is 1.03 bits per heavy atom. The summed E-state index contributed by atoms with van der Waals surface area (Å²) in [5.41, 5.74) is 2.38. The van der Waals surface area contributed by atoms with Crippen LogP contribution in [0.4, 0.5) is 11.4 Å². The van der Waals surface area contributed by atoms with Crippen molar-refractivity contribution in [1.82, 2.24) is 0 Å². The number of Topliss-reactive ketones (excluding diaryl/α,β-unsaturated/α-hetero) is 1. The van der Waals surface area contributed by atoms with E-state index >= 15 is 0 Å². The second-order valence-corrected chi connectivity index (χ2v) is 8.25.